The molecule has 3 heterocycles. The molecule has 1 atom stereocenters. The van der Waals surface area contributed by atoms with Crippen LogP contribution in [0.3, 0.4) is 0 Å². The highest BCUT2D eigenvalue weighted by Gasteiger charge is 2.41. The summed E-state index contributed by atoms with van der Waals surface area (Å²) in [5.74, 6) is 0.727. The summed E-state index contributed by atoms with van der Waals surface area (Å²) < 4.78 is 7.26. The molecule has 0 saturated carbocycles. The fourth-order valence-corrected chi connectivity index (χ4v) is 3.26. The van der Waals surface area contributed by atoms with Crippen LogP contribution < -0.4 is 10.2 Å². The number of nitrogens with zero attached hydrogens (tertiary/aromatic N) is 5. The third-order valence-corrected chi connectivity index (χ3v) is 4.50. The van der Waals surface area contributed by atoms with Crippen LogP contribution in [0, 0.1) is 0 Å². The average molecular weight is 314 g/mol. The Hall–Kier alpha value is -2.64. The third-order valence-electron chi connectivity index (χ3n) is 4.50. The van der Waals surface area contributed by atoms with E-state index in [1.807, 2.05) is 30.3 Å². The normalized spacial score (nSPS) is 24.3. The van der Waals surface area contributed by atoms with Crippen LogP contribution in [-0.2, 0) is 4.74 Å². The average Bonchev–Trinajstić information content (AvgIpc) is 3.14. The van der Waals surface area contributed by atoms with Gasteiger partial charge in [0.2, 0.25) is 5.95 Å². The Morgan fingerprint density at radius 2 is 2.04 bits per heavy atom. The van der Waals surface area contributed by atoms with Crippen molar-refractivity contribution in [1.82, 2.24) is 25.5 Å². The van der Waals surface area contributed by atoms with Crippen molar-refractivity contribution in [3.63, 3.8) is 0 Å². The quantitative estimate of drug-likeness (QED) is 0.894. The summed E-state index contributed by atoms with van der Waals surface area (Å²) in [6.07, 6.45) is 2.24. The molecule has 2 fully saturated rings. The SMILES string of the molecule is O=C1NC[C@@]2(CCCN(c3nnnn3-c3ccccc3)CC2)O1. The number of aromatic nitrogens is 4. The van der Waals surface area contributed by atoms with E-state index in [9.17, 15) is 4.79 Å². The minimum atomic E-state index is -0.378. The number of hydrogen-bond acceptors (Lipinski definition) is 6. The lowest BCUT2D eigenvalue weighted by molar-refractivity contribution is 0.0473. The number of anilines is 1. The molecule has 4 rings (SSSR count). The van der Waals surface area contributed by atoms with E-state index >= 15 is 0 Å². The molecule has 23 heavy (non-hydrogen) atoms. The molecule has 2 aromatic rings. The topological polar surface area (TPSA) is 85.2 Å². The molecule has 1 aromatic heterocycles. The first-order chi connectivity index (χ1) is 11.3. The molecule has 2 aliphatic heterocycles. The van der Waals surface area contributed by atoms with Crippen LogP contribution in [0.5, 0.6) is 0 Å². The molecular formula is C15H18N6O2. The standard InChI is InChI=1S/C15H18N6O2/c22-14-16-11-15(23-14)7-4-9-20(10-8-15)13-17-18-19-21(13)12-5-2-1-3-6-12/h1-3,5-6H,4,7-11H2,(H,16,22)/t15-/m0/s1. The van der Waals surface area contributed by atoms with Gasteiger partial charge in [-0.1, -0.05) is 23.3 Å². The van der Waals surface area contributed by atoms with Crippen molar-refractivity contribution in [2.45, 2.75) is 24.9 Å². The second kappa shape index (κ2) is 5.53. The van der Waals surface area contributed by atoms with E-state index in [1.165, 1.54) is 0 Å². The number of benzene rings is 1. The highest BCUT2D eigenvalue weighted by atomic mass is 16.6. The van der Waals surface area contributed by atoms with Gasteiger partial charge in [0.25, 0.3) is 0 Å². The Bertz CT molecular complexity index is 703. The second-order valence-corrected chi connectivity index (χ2v) is 5.99. The van der Waals surface area contributed by atoms with Crippen molar-refractivity contribution in [1.29, 1.82) is 0 Å². The predicted octanol–water partition coefficient (Wildman–Crippen LogP) is 1.13. The van der Waals surface area contributed by atoms with Crippen LogP contribution in [-0.4, -0.2) is 51.5 Å². The summed E-state index contributed by atoms with van der Waals surface area (Å²) in [7, 11) is 0. The van der Waals surface area contributed by atoms with Gasteiger partial charge in [-0.15, -0.1) is 0 Å². The first-order valence-electron chi connectivity index (χ1n) is 7.81. The Balaban J connectivity index is 1.56. The Morgan fingerprint density at radius 1 is 1.17 bits per heavy atom. The van der Waals surface area contributed by atoms with Gasteiger partial charge in [-0.25, -0.2) is 4.79 Å². The van der Waals surface area contributed by atoms with E-state index in [4.69, 9.17) is 4.74 Å². The van der Waals surface area contributed by atoms with Crippen LogP contribution in [0.4, 0.5) is 10.7 Å². The zero-order valence-electron chi connectivity index (χ0n) is 12.7. The zero-order chi connectivity index (χ0) is 15.7. The minimum absolute atomic E-state index is 0.312. The lowest BCUT2D eigenvalue weighted by Crippen LogP contribution is -2.35. The highest BCUT2D eigenvalue weighted by Crippen LogP contribution is 2.30. The number of carbonyl (C=O) groups is 1. The fourth-order valence-electron chi connectivity index (χ4n) is 3.26. The number of ether oxygens (including phenoxy) is 1. The monoisotopic (exact) mass is 314 g/mol. The number of nitrogens with one attached hydrogen (secondary N) is 1. The van der Waals surface area contributed by atoms with Crippen LogP contribution in [0.15, 0.2) is 30.3 Å². The lowest BCUT2D eigenvalue weighted by atomic mass is 9.95. The molecule has 0 radical (unpaired) electrons. The van der Waals surface area contributed by atoms with E-state index in [0.29, 0.717) is 6.54 Å². The Kier molecular flexibility index (Phi) is 3.36. The smallest absolute Gasteiger partial charge is 0.407 e. The van der Waals surface area contributed by atoms with Crippen molar-refractivity contribution >= 4 is 12.0 Å². The summed E-state index contributed by atoms with van der Waals surface area (Å²) in [5.41, 5.74) is 0.553. The van der Waals surface area contributed by atoms with Crippen LogP contribution in [0.2, 0.25) is 0 Å². The lowest BCUT2D eigenvalue weighted by Gasteiger charge is -2.25. The number of tetrazole rings is 1. The maximum absolute atomic E-state index is 11.4. The van der Waals surface area contributed by atoms with Gasteiger partial charge in [0, 0.05) is 19.5 Å². The van der Waals surface area contributed by atoms with E-state index in [1.54, 1.807) is 4.68 Å². The molecule has 2 aliphatic rings. The van der Waals surface area contributed by atoms with Gasteiger partial charge >= 0.3 is 6.09 Å². The largest absolute Gasteiger partial charge is 0.441 e. The molecule has 1 N–H and O–H groups in total. The van der Waals surface area contributed by atoms with Gasteiger partial charge in [0.05, 0.1) is 12.2 Å². The van der Waals surface area contributed by atoms with Crippen molar-refractivity contribution < 1.29 is 9.53 Å². The number of para-hydroxylation sites is 1. The number of rotatable bonds is 2. The predicted molar refractivity (Wildman–Crippen MR) is 82.4 cm³/mol. The molecule has 0 bridgehead atoms. The number of carbonyl (C=O) groups excluding carboxylic acids is 1. The van der Waals surface area contributed by atoms with E-state index < -0.39 is 0 Å². The Morgan fingerprint density at radius 3 is 2.83 bits per heavy atom. The van der Waals surface area contributed by atoms with Crippen LogP contribution >= 0.6 is 0 Å². The van der Waals surface area contributed by atoms with E-state index in [0.717, 1.165) is 44.0 Å². The maximum atomic E-state index is 11.4. The van der Waals surface area contributed by atoms with Crippen molar-refractivity contribution in [2.24, 2.45) is 0 Å². The van der Waals surface area contributed by atoms with Crippen LogP contribution in [0.25, 0.3) is 5.69 Å². The summed E-state index contributed by atoms with van der Waals surface area (Å²) in [5, 5.41) is 14.9. The maximum Gasteiger partial charge on any atom is 0.407 e. The Labute approximate surface area is 133 Å². The molecule has 1 amide bonds. The zero-order valence-corrected chi connectivity index (χ0v) is 12.7. The molecule has 1 aromatic carbocycles. The number of alkyl carbamates (subject to hydrolysis) is 1. The number of hydrogen-bond donors (Lipinski definition) is 1. The molecule has 0 aliphatic carbocycles. The molecule has 2 saturated heterocycles. The highest BCUT2D eigenvalue weighted by molar-refractivity contribution is 5.70. The summed E-state index contributed by atoms with van der Waals surface area (Å²) in [6, 6.07) is 9.83. The fraction of sp³-hybridized carbons (Fsp3) is 0.467. The van der Waals surface area contributed by atoms with Gasteiger partial charge in [-0.05, 0) is 35.4 Å². The summed E-state index contributed by atoms with van der Waals surface area (Å²) in [6.45, 7) is 2.18. The number of amides is 1. The third kappa shape index (κ3) is 2.60. The second-order valence-electron chi connectivity index (χ2n) is 5.99. The van der Waals surface area contributed by atoms with Crippen molar-refractivity contribution in [3.05, 3.63) is 30.3 Å². The first-order valence-corrected chi connectivity index (χ1v) is 7.81. The molecular weight excluding hydrogens is 296 g/mol. The molecule has 120 valence electrons. The molecule has 8 nitrogen and oxygen atoms in total. The molecule has 1 spiro atoms. The van der Waals surface area contributed by atoms with Crippen molar-refractivity contribution in [2.75, 3.05) is 24.5 Å². The first kappa shape index (κ1) is 14.0. The molecule has 0 unspecified atom stereocenters. The summed E-state index contributed by atoms with van der Waals surface area (Å²) >= 11 is 0. The minimum Gasteiger partial charge on any atom is -0.441 e. The van der Waals surface area contributed by atoms with E-state index in [2.05, 4.69) is 25.7 Å². The van der Waals surface area contributed by atoms with E-state index in [-0.39, 0.29) is 11.7 Å². The van der Waals surface area contributed by atoms with Crippen LogP contribution in [0.1, 0.15) is 19.3 Å². The van der Waals surface area contributed by atoms with Gasteiger partial charge < -0.3 is 15.0 Å². The van der Waals surface area contributed by atoms with Gasteiger partial charge in [-0.3, -0.25) is 0 Å². The van der Waals surface area contributed by atoms with Gasteiger partial charge in [-0.2, -0.15) is 4.68 Å². The van der Waals surface area contributed by atoms with Gasteiger partial charge in [0.15, 0.2) is 0 Å². The molecule has 8 heteroatoms. The van der Waals surface area contributed by atoms with Crippen molar-refractivity contribution in [3.8, 4) is 5.69 Å². The van der Waals surface area contributed by atoms with Gasteiger partial charge in [0.1, 0.15) is 5.60 Å². The summed E-state index contributed by atoms with van der Waals surface area (Å²) in [4.78, 5) is 13.6.